The minimum atomic E-state index is 0.166. The van der Waals surface area contributed by atoms with E-state index in [-0.39, 0.29) is 5.91 Å². The van der Waals surface area contributed by atoms with Crippen LogP contribution in [-0.4, -0.2) is 28.9 Å². The third kappa shape index (κ3) is 2.38. The molecule has 0 aliphatic carbocycles. The molecule has 0 radical (unpaired) electrons. The lowest BCUT2D eigenvalue weighted by atomic mass is 10.1. The standard InChI is InChI=1S/C15H17N3O/c16-13-5-3-4-11-6-7-12(17-15(11)13)10-14(19)18-8-1-2-9-18/h3-7H,1-2,8-10,16H2. The van der Waals surface area contributed by atoms with Crippen LogP contribution in [0.1, 0.15) is 18.5 Å². The van der Waals surface area contributed by atoms with Gasteiger partial charge in [0.05, 0.1) is 23.3 Å². The molecule has 2 aromatic rings. The monoisotopic (exact) mass is 255 g/mol. The largest absolute Gasteiger partial charge is 0.397 e. The predicted octanol–water partition coefficient (Wildman–Crippen LogP) is 1.98. The first-order valence-corrected chi connectivity index (χ1v) is 6.66. The molecule has 1 aromatic carbocycles. The minimum Gasteiger partial charge on any atom is -0.397 e. The number of benzene rings is 1. The SMILES string of the molecule is Nc1cccc2ccc(CC(=O)N3CCCC3)nc12. The highest BCUT2D eigenvalue weighted by Crippen LogP contribution is 2.19. The van der Waals surface area contributed by atoms with Gasteiger partial charge in [-0.2, -0.15) is 0 Å². The first-order chi connectivity index (χ1) is 9.24. The van der Waals surface area contributed by atoms with Gasteiger partial charge in [0, 0.05) is 18.5 Å². The highest BCUT2D eigenvalue weighted by Gasteiger charge is 2.18. The fraction of sp³-hybridized carbons (Fsp3) is 0.333. The number of nitrogens with zero attached hydrogens (tertiary/aromatic N) is 2. The number of likely N-dealkylation sites (tertiary alicyclic amines) is 1. The minimum absolute atomic E-state index is 0.166. The molecule has 1 aliphatic rings. The van der Waals surface area contributed by atoms with Crippen molar-refractivity contribution in [2.45, 2.75) is 19.3 Å². The van der Waals surface area contributed by atoms with E-state index in [0.717, 1.165) is 42.5 Å². The number of para-hydroxylation sites is 1. The van der Waals surface area contributed by atoms with E-state index in [1.54, 1.807) is 0 Å². The van der Waals surface area contributed by atoms with Crippen molar-refractivity contribution in [3.63, 3.8) is 0 Å². The summed E-state index contributed by atoms with van der Waals surface area (Å²) in [4.78, 5) is 18.5. The molecule has 1 saturated heterocycles. The number of pyridine rings is 1. The van der Waals surface area contributed by atoms with E-state index in [1.807, 2.05) is 35.2 Å². The highest BCUT2D eigenvalue weighted by molar-refractivity contribution is 5.89. The number of carbonyl (C=O) groups excluding carboxylic acids is 1. The Bertz CT molecular complexity index is 618. The summed E-state index contributed by atoms with van der Waals surface area (Å²) >= 11 is 0. The Balaban J connectivity index is 1.85. The third-order valence-electron chi connectivity index (χ3n) is 3.60. The summed E-state index contributed by atoms with van der Waals surface area (Å²) in [5.74, 6) is 0.166. The Morgan fingerprint density at radius 1 is 1.21 bits per heavy atom. The number of hydrogen-bond acceptors (Lipinski definition) is 3. The van der Waals surface area contributed by atoms with Gasteiger partial charge in [-0.25, -0.2) is 0 Å². The number of nitrogen functional groups attached to an aromatic ring is 1. The van der Waals surface area contributed by atoms with Crippen LogP contribution < -0.4 is 5.73 Å². The number of hydrogen-bond donors (Lipinski definition) is 1. The summed E-state index contributed by atoms with van der Waals surface area (Å²) in [7, 11) is 0. The maximum Gasteiger partial charge on any atom is 0.228 e. The second-order valence-electron chi connectivity index (χ2n) is 4.99. The Kier molecular flexibility index (Phi) is 3.07. The van der Waals surface area contributed by atoms with Crippen LogP contribution in [0.3, 0.4) is 0 Å². The van der Waals surface area contributed by atoms with Gasteiger partial charge in [-0.05, 0) is 25.0 Å². The van der Waals surface area contributed by atoms with Crippen molar-refractivity contribution in [3.05, 3.63) is 36.0 Å². The molecule has 98 valence electrons. The Morgan fingerprint density at radius 2 is 2.00 bits per heavy atom. The van der Waals surface area contributed by atoms with Crippen LogP contribution in [0.5, 0.6) is 0 Å². The number of carbonyl (C=O) groups is 1. The van der Waals surface area contributed by atoms with Gasteiger partial charge < -0.3 is 10.6 Å². The van der Waals surface area contributed by atoms with Gasteiger partial charge >= 0.3 is 0 Å². The topological polar surface area (TPSA) is 59.2 Å². The van der Waals surface area contributed by atoms with Gasteiger partial charge in [-0.3, -0.25) is 9.78 Å². The summed E-state index contributed by atoms with van der Waals surface area (Å²) in [6.45, 7) is 1.77. The lowest BCUT2D eigenvalue weighted by Gasteiger charge is -2.14. The molecule has 19 heavy (non-hydrogen) atoms. The molecule has 0 unspecified atom stereocenters. The third-order valence-corrected chi connectivity index (χ3v) is 3.60. The van der Waals surface area contributed by atoms with Crippen molar-refractivity contribution in [2.75, 3.05) is 18.8 Å². The zero-order valence-electron chi connectivity index (χ0n) is 10.8. The van der Waals surface area contributed by atoms with Crippen LogP contribution in [0, 0.1) is 0 Å². The average Bonchev–Trinajstić information content (AvgIpc) is 2.94. The van der Waals surface area contributed by atoms with Crippen LogP contribution in [0.25, 0.3) is 10.9 Å². The maximum atomic E-state index is 12.1. The average molecular weight is 255 g/mol. The summed E-state index contributed by atoms with van der Waals surface area (Å²) in [5.41, 5.74) is 8.16. The molecule has 2 N–H and O–H groups in total. The molecule has 0 bridgehead atoms. The number of amides is 1. The smallest absolute Gasteiger partial charge is 0.228 e. The Morgan fingerprint density at radius 3 is 2.79 bits per heavy atom. The fourth-order valence-corrected chi connectivity index (χ4v) is 2.54. The molecule has 1 aliphatic heterocycles. The molecule has 4 nitrogen and oxygen atoms in total. The molecule has 0 atom stereocenters. The lowest BCUT2D eigenvalue weighted by Crippen LogP contribution is -2.29. The van der Waals surface area contributed by atoms with Crippen LogP contribution in [0.2, 0.25) is 0 Å². The second-order valence-corrected chi connectivity index (χ2v) is 4.99. The van der Waals surface area contributed by atoms with E-state index in [2.05, 4.69) is 4.98 Å². The van der Waals surface area contributed by atoms with E-state index in [4.69, 9.17) is 5.73 Å². The Hall–Kier alpha value is -2.10. The first-order valence-electron chi connectivity index (χ1n) is 6.66. The Labute approximate surface area is 112 Å². The van der Waals surface area contributed by atoms with Crippen molar-refractivity contribution >= 4 is 22.5 Å². The summed E-state index contributed by atoms with van der Waals surface area (Å²) < 4.78 is 0. The van der Waals surface area contributed by atoms with Gasteiger partial charge in [-0.15, -0.1) is 0 Å². The number of anilines is 1. The quantitative estimate of drug-likeness (QED) is 0.835. The number of nitrogens with two attached hydrogens (primary N) is 1. The highest BCUT2D eigenvalue weighted by atomic mass is 16.2. The van der Waals surface area contributed by atoms with Gasteiger partial charge in [0.1, 0.15) is 0 Å². The molecule has 0 saturated carbocycles. The van der Waals surface area contributed by atoms with Crippen molar-refractivity contribution in [3.8, 4) is 0 Å². The van der Waals surface area contributed by atoms with E-state index < -0.39 is 0 Å². The molecule has 1 amide bonds. The normalized spacial score (nSPS) is 15.1. The number of aromatic nitrogens is 1. The summed E-state index contributed by atoms with van der Waals surface area (Å²) in [6, 6.07) is 9.61. The predicted molar refractivity (Wildman–Crippen MR) is 75.7 cm³/mol. The van der Waals surface area contributed by atoms with Gasteiger partial charge in [-0.1, -0.05) is 18.2 Å². The lowest BCUT2D eigenvalue weighted by molar-refractivity contribution is -0.129. The first kappa shape index (κ1) is 12.0. The molecule has 1 fully saturated rings. The molecular weight excluding hydrogens is 238 g/mol. The molecule has 4 heteroatoms. The number of fused-ring (bicyclic) bond motifs is 1. The van der Waals surface area contributed by atoms with E-state index >= 15 is 0 Å². The fourth-order valence-electron chi connectivity index (χ4n) is 2.54. The van der Waals surface area contributed by atoms with Gasteiger partial charge in [0.15, 0.2) is 0 Å². The summed E-state index contributed by atoms with van der Waals surface area (Å²) in [5, 5.41) is 1.01. The van der Waals surface area contributed by atoms with Crippen molar-refractivity contribution in [1.82, 2.24) is 9.88 Å². The number of rotatable bonds is 2. The van der Waals surface area contributed by atoms with E-state index in [1.165, 1.54) is 0 Å². The van der Waals surface area contributed by atoms with Gasteiger partial charge in [0.25, 0.3) is 0 Å². The molecule has 3 rings (SSSR count). The molecule has 2 heterocycles. The van der Waals surface area contributed by atoms with Crippen LogP contribution in [-0.2, 0) is 11.2 Å². The molecular formula is C15H17N3O. The second kappa shape index (κ2) is 4.88. The maximum absolute atomic E-state index is 12.1. The van der Waals surface area contributed by atoms with Gasteiger partial charge in [0.2, 0.25) is 5.91 Å². The van der Waals surface area contributed by atoms with E-state index in [9.17, 15) is 4.79 Å². The molecule has 0 spiro atoms. The zero-order chi connectivity index (χ0) is 13.2. The van der Waals surface area contributed by atoms with Crippen molar-refractivity contribution < 1.29 is 4.79 Å². The zero-order valence-corrected chi connectivity index (χ0v) is 10.8. The summed E-state index contributed by atoms with van der Waals surface area (Å²) in [6.07, 6.45) is 2.60. The molecule has 1 aromatic heterocycles. The van der Waals surface area contributed by atoms with Crippen molar-refractivity contribution in [2.24, 2.45) is 0 Å². The van der Waals surface area contributed by atoms with E-state index in [0.29, 0.717) is 12.1 Å². The van der Waals surface area contributed by atoms with Crippen LogP contribution in [0.4, 0.5) is 5.69 Å². The van der Waals surface area contributed by atoms with Crippen molar-refractivity contribution in [1.29, 1.82) is 0 Å². The van der Waals surface area contributed by atoms with Crippen LogP contribution in [0.15, 0.2) is 30.3 Å². The van der Waals surface area contributed by atoms with Crippen LogP contribution >= 0.6 is 0 Å².